The van der Waals surface area contributed by atoms with Gasteiger partial charge in [-0.25, -0.2) is 0 Å². The fourth-order valence-corrected chi connectivity index (χ4v) is 0.681. The molecule has 0 radical (unpaired) electrons. The first-order valence-electron chi connectivity index (χ1n) is 3.24. The van der Waals surface area contributed by atoms with E-state index in [0.717, 1.165) is 11.8 Å². The van der Waals surface area contributed by atoms with Crippen LogP contribution in [-0.2, 0) is 11.8 Å². The topological polar surface area (TPSA) is 34.9 Å². The Hall–Kier alpha value is -1.56. The molecule has 0 saturated heterocycles. The minimum absolute atomic E-state index is 0.287. The molecule has 0 N–H and O–H groups in total. The minimum Gasteiger partial charge on any atom is -0.302 e. The lowest BCUT2D eigenvalue weighted by Crippen LogP contribution is -1.83. The van der Waals surface area contributed by atoms with Gasteiger partial charge in [-0.1, -0.05) is 11.8 Å². The van der Waals surface area contributed by atoms with Gasteiger partial charge in [0.1, 0.15) is 6.29 Å². The van der Waals surface area contributed by atoms with Gasteiger partial charge in [-0.15, -0.1) is 0 Å². The molecule has 0 aromatic carbocycles. The van der Waals surface area contributed by atoms with Crippen LogP contribution >= 0.6 is 0 Å². The Labute approximate surface area is 65.0 Å². The Morgan fingerprint density at radius 3 is 3.18 bits per heavy atom. The Morgan fingerprint density at radius 1 is 1.82 bits per heavy atom. The van der Waals surface area contributed by atoms with E-state index in [2.05, 4.69) is 16.9 Å². The predicted octanol–water partition coefficient (Wildman–Crippen LogP) is 0.361. The second kappa shape index (κ2) is 3.57. The molecule has 0 aliphatic rings. The number of aldehydes is 1. The first-order chi connectivity index (χ1) is 5.33. The average molecular weight is 148 g/mol. The lowest BCUT2D eigenvalue weighted by Gasteiger charge is -1.79. The number of carbonyl (C=O) groups is 1. The van der Waals surface area contributed by atoms with Gasteiger partial charge in [0.05, 0.1) is 18.2 Å². The van der Waals surface area contributed by atoms with E-state index in [1.54, 1.807) is 17.1 Å². The van der Waals surface area contributed by atoms with Crippen LogP contribution in [0.5, 0.6) is 0 Å². The van der Waals surface area contributed by atoms with Crippen molar-refractivity contribution in [1.82, 2.24) is 9.78 Å². The van der Waals surface area contributed by atoms with Crippen molar-refractivity contribution in [2.45, 2.75) is 6.42 Å². The van der Waals surface area contributed by atoms with Gasteiger partial charge in [-0.2, -0.15) is 5.10 Å². The molecule has 3 heteroatoms. The molecule has 0 atom stereocenters. The van der Waals surface area contributed by atoms with E-state index in [1.807, 2.05) is 7.05 Å². The molecule has 0 amide bonds. The van der Waals surface area contributed by atoms with Crippen LogP contribution in [0.3, 0.4) is 0 Å². The normalized spacial score (nSPS) is 8.45. The number of nitrogens with zero attached hydrogens (tertiary/aromatic N) is 2. The minimum atomic E-state index is 0.287. The summed E-state index contributed by atoms with van der Waals surface area (Å²) in [6, 6.07) is 0. The van der Waals surface area contributed by atoms with Gasteiger partial charge in [0.2, 0.25) is 0 Å². The van der Waals surface area contributed by atoms with E-state index in [-0.39, 0.29) is 6.42 Å². The Bertz CT molecular complexity index is 303. The molecule has 1 heterocycles. The van der Waals surface area contributed by atoms with Gasteiger partial charge < -0.3 is 4.79 Å². The van der Waals surface area contributed by atoms with Crippen molar-refractivity contribution in [2.24, 2.45) is 7.05 Å². The molecule has 0 aliphatic carbocycles. The molecule has 0 aliphatic heterocycles. The fraction of sp³-hybridized carbons (Fsp3) is 0.250. The summed E-state index contributed by atoms with van der Waals surface area (Å²) in [4.78, 5) is 9.88. The number of aryl methyl sites for hydroxylation is 1. The molecule has 1 aromatic rings. The summed E-state index contributed by atoms with van der Waals surface area (Å²) >= 11 is 0. The van der Waals surface area contributed by atoms with Crippen molar-refractivity contribution in [2.75, 3.05) is 0 Å². The standard InChI is InChI=1S/C8H8N2O/c1-10-7-8(6-9-10)4-2-3-5-11/h5-7H,3H2,1H3. The highest BCUT2D eigenvalue weighted by molar-refractivity contribution is 5.54. The maximum absolute atomic E-state index is 9.88. The van der Waals surface area contributed by atoms with Crippen molar-refractivity contribution >= 4 is 6.29 Å². The van der Waals surface area contributed by atoms with Crippen LogP contribution in [0.25, 0.3) is 0 Å². The average Bonchev–Trinajstić information content (AvgIpc) is 2.37. The Balaban J connectivity index is 2.65. The predicted molar refractivity (Wildman–Crippen MR) is 40.8 cm³/mol. The van der Waals surface area contributed by atoms with E-state index < -0.39 is 0 Å². The van der Waals surface area contributed by atoms with Gasteiger partial charge in [0.25, 0.3) is 0 Å². The Kier molecular flexibility index (Phi) is 2.45. The SMILES string of the molecule is Cn1cc(C#CCC=O)cn1. The highest BCUT2D eigenvalue weighted by atomic mass is 16.1. The molecular formula is C8H8N2O. The first-order valence-corrected chi connectivity index (χ1v) is 3.24. The van der Waals surface area contributed by atoms with Crippen molar-refractivity contribution < 1.29 is 4.79 Å². The molecule has 11 heavy (non-hydrogen) atoms. The molecule has 0 saturated carbocycles. The number of hydrogen-bond donors (Lipinski definition) is 0. The number of rotatable bonds is 1. The van der Waals surface area contributed by atoms with Gasteiger partial charge in [-0.05, 0) is 0 Å². The van der Waals surface area contributed by atoms with Crippen LogP contribution < -0.4 is 0 Å². The van der Waals surface area contributed by atoms with Gasteiger partial charge >= 0.3 is 0 Å². The van der Waals surface area contributed by atoms with Crippen molar-refractivity contribution in [3.8, 4) is 11.8 Å². The lowest BCUT2D eigenvalue weighted by molar-refractivity contribution is -0.107. The zero-order valence-corrected chi connectivity index (χ0v) is 6.24. The number of hydrogen-bond acceptors (Lipinski definition) is 2. The highest BCUT2D eigenvalue weighted by Crippen LogP contribution is 1.91. The summed E-state index contributed by atoms with van der Waals surface area (Å²) in [7, 11) is 1.82. The van der Waals surface area contributed by atoms with Crippen LogP contribution in [-0.4, -0.2) is 16.1 Å². The van der Waals surface area contributed by atoms with Gasteiger partial charge in [0, 0.05) is 13.2 Å². The van der Waals surface area contributed by atoms with Crippen LogP contribution in [0, 0.1) is 11.8 Å². The van der Waals surface area contributed by atoms with Gasteiger partial charge in [-0.3, -0.25) is 4.68 Å². The van der Waals surface area contributed by atoms with E-state index in [0.29, 0.717) is 0 Å². The van der Waals surface area contributed by atoms with E-state index in [4.69, 9.17) is 0 Å². The molecule has 56 valence electrons. The third-order valence-corrected chi connectivity index (χ3v) is 1.12. The number of aromatic nitrogens is 2. The fourth-order valence-electron chi connectivity index (χ4n) is 0.681. The van der Waals surface area contributed by atoms with Crippen LogP contribution in [0.15, 0.2) is 12.4 Å². The molecule has 0 unspecified atom stereocenters. The zero-order valence-electron chi connectivity index (χ0n) is 6.24. The maximum Gasteiger partial charge on any atom is 0.131 e. The lowest BCUT2D eigenvalue weighted by atomic mass is 10.3. The summed E-state index contributed by atoms with van der Waals surface area (Å²) in [6.45, 7) is 0. The van der Waals surface area contributed by atoms with E-state index in [1.165, 1.54) is 0 Å². The summed E-state index contributed by atoms with van der Waals surface area (Å²) in [5.74, 6) is 5.50. The first kappa shape index (κ1) is 7.55. The smallest absolute Gasteiger partial charge is 0.131 e. The zero-order chi connectivity index (χ0) is 8.10. The monoisotopic (exact) mass is 148 g/mol. The summed E-state index contributed by atoms with van der Waals surface area (Å²) in [5, 5.41) is 3.92. The van der Waals surface area contributed by atoms with Crippen molar-refractivity contribution in [1.29, 1.82) is 0 Å². The summed E-state index contributed by atoms with van der Waals surface area (Å²) in [6.07, 6.45) is 4.54. The number of carbonyl (C=O) groups excluding carboxylic acids is 1. The van der Waals surface area contributed by atoms with Crippen LogP contribution in [0.1, 0.15) is 12.0 Å². The molecular weight excluding hydrogens is 140 g/mol. The molecule has 0 fully saturated rings. The molecule has 1 aromatic heterocycles. The van der Waals surface area contributed by atoms with E-state index in [9.17, 15) is 4.79 Å². The molecule has 3 nitrogen and oxygen atoms in total. The molecule has 0 bridgehead atoms. The van der Waals surface area contributed by atoms with E-state index >= 15 is 0 Å². The molecule has 1 rings (SSSR count). The summed E-state index contributed by atoms with van der Waals surface area (Å²) in [5.41, 5.74) is 0.842. The second-order valence-electron chi connectivity index (χ2n) is 2.08. The van der Waals surface area contributed by atoms with Crippen molar-refractivity contribution in [3.63, 3.8) is 0 Å². The third kappa shape index (κ3) is 2.26. The maximum atomic E-state index is 9.88. The van der Waals surface area contributed by atoms with Crippen LogP contribution in [0.4, 0.5) is 0 Å². The third-order valence-electron chi connectivity index (χ3n) is 1.12. The largest absolute Gasteiger partial charge is 0.302 e. The van der Waals surface area contributed by atoms with Crippen molar-refractivity contribution in [3.05, 3.63) is 18.0 Å². The van der Waals surface area contributed by atoms with Gasteiger partial charge in [0.15, 0.2) is 0 Å². The Morgan fingerprint density at radius 2 is 2.64 bits per heavy atom. The highest BCUT2D eigenvalue weighted by Gasteiger charge is 1.87. The molecule has 0 spiro atoms. The second-order valence-corrected chi connectivity index (χ2v) is 2.08. The quantitative estimate of drug-likeness (QED) is 0.425. The summed E-state index contributed by atoms with van der Waals surface area (Å²) < 4.78 is 1.67. The van der Waals surface area contributed by atoms with Crippen LogP contribution in [0.2, 0.25) is 0 Å².